The van der Waals surface area contributed by atoms with Crippen LogP contribution in [0.25, 0.3) is 0 Å². The lowest BCUT2D eigenvalue weighted by atomic mass is 9.68. The summed E-state index contributed by atoms with van der Waals surface area (Å²) in [6.45, 7) is 1.66. The highest BCUT2D eigenvalue weighted by atomic mass is 35.5. The molecule has 29 heavy (non-hydrogen) atoms. The molecule has 3 rings (SSSR count). The minimum Gasteiger partial charge on any atom is -0.465 e. The molecular weight excluding hydrogens is 396 g/mol. The van der Waals surface area contributed by atoms with E-state index in [0.717, 1.165) is 0 Å². The van der Waals surface area contributed by atoms with Crippen molar-refractivity contribution in [3.8, 4) is 6.07 Å². The highest BCUT2D eigenvalue weighted by molar-refractivity contribution is 6.31. The van der Waals surface area contributed by atoms with Crippen molar-refractivity contribution in [1.82, 2.24) is 4.90 Å². The van der Waals surface area contributed by atoms with Crippen LogP contribution in [0.3, 0.4) is 0 Å². The second-order valence-electron chi connectivity index (χ2n) is 6.75. The third-order valence-electron chi connectivity index (χ3n) is 5.28. The summed E-state index contributed by atoms with van der Waals surface area (Å²) in [6.07, 6.45) is 4.26. The van der Waals surface area contributed by atoms with Gasteiger partial charge in [-0.25, -0.2) is 0 Å². The van der Waals surface area contributed by atoms with Crippen molar-refractivity contribution in [3.63, 3.8) is 0 Å². The molecular formula is C20H19ClN4O4. The largest absolute Gasteiger partial charge is 0.465 e. The van der Waals surface area contributed by atoms with Crippen molar-refractivity contribution in [3.05, 3.63) is 58.8 Å². The Hall–Kier alpha value is -3.31. The van der Waals surface area contributed by atoms with E-state index in [1.807, 2.05) is 0 Å². The molecule has 8 nitrogen and oxygen atoms in total. The molecule has 0 aliphatic carbocycles. The second kappa shape index (κ2) is 7.60. The van der Waals surface area contributed by atoms with Gasteiger partial charge >= 0.3 is 5.97 Å². The van der Waals surface area contributed by atoms with E-state index >= 15 is 0 Å². The smallest absolute Gasteiger partial charge is 0.329 e. The summed E-state index contributed by atoms with van der Waals surface area (Å²) in [4.78, 5) is 38.7. The first-order valence-corrected chi connectivity index (χ1v) is 9.26. The molecule has 1 saturated heterocycles. The summed E-state index contributed by atoms with van der Waals surface area (Å²) >= 11 is 6.38. The van der Waals surface area contributed by atoms with Gasteiger partial charge in [0.25, 0.3) is 0 Å². The number of carbonyl (C=O) groups excluding carboxylic acids is 3. The number of benzene rings is 1. The summed E-state index contributed by atoms with van der Waals surface area (Å²) in [6, 6.07) is 6.65. The van der Waals surface area contributed by atoms with Crippen LogP contribution in [0.4, 0.5) is 0 Å². The maximum atomic E-state index is 13.1. The first kappa shape index (κ1) is 20.4. The molecule has 2 aliphatic rings. The Morgan fingerprint density at radius 2 is 2.00 bits per heavy atom. The Labute approximate surface area is 172 Å². The van der Waals surface area contributed by atoms with Gasteiger partial charge in [-0.15, -0.1) is 0 Å². The van der Waals surface area contributed by atoms with E-state index in [-0.39, 0.29) is 17.2 Å². The summed E-state index contributed by atoms with van der Waals surface area (Å²) in [5.74, 6) is -3.33. The molecule has 1 aromatic carbocycles. The number of halogens is 1. The van der Waals surface area contributed by atoms with Gasteiger partial charge in [-0.3, -0.25) is 14.4 Å². The summed E-state index contributed by atoms with van der Waals surface area (Å²) in [5.41, 5.74) is 9.77. The number of nitrogens with two attached hydrogens (primary N) is 2. The van der Waals surface area contributed by atoms with Gasteiger partial charge in [0, 0.05) is 17.1 Å². The monoisotopic (exact) mass is 414 g/mol. The number of esters is 1. The van der Waals surface area contributed by atoms with Gasteiger partial charge in [0.15, 0.2) is 5.41 Å². The fourth-order valence-electron chi connectivity index (χ4n) is 4.10. The first-order valence-electron chi connectivity index (χ1n) is 8.89. The third kappa shape index (κ3) is 3.04. The van der Waals surface area contributed by atoms with E-state index < -0.39 is 41.2 Å². The van der Waals surface area contributed by atoms with E-state index in [2.05, 4.69) is 6.07 Å². The van der Waals surface area contributed by atoms with Crippen LogP contribution in [-0.2, 0) is 19.1 Å². The lowest BCUT2D eigenvalue weighted by Crippen LogP contribution is -2.45. The predicted molar refractivity (Wildman–Crippen MR) is 104 cm³/mol. The molecule has 4 atom stereocenters. The van der Waals surface area contributed by atoms with Gasteiger partial charge in [-0.2, -0.15) is 5.26 Å². The second-order valence-corrected chi connectivity index (χ2v) is 7.15. The minimum absolute atomic E-state index is 0.0392. The number of primary amides is 2. The number of nitrogens with zero attached hydrogens (tertiary/aromatic N) is 2. The normalized spacial score (nSPS) is 27.6. The van der Waals surface area contributed by atoms with Gasteiger partial charge in [0.1, 0.15) is 6.04 Å². The number of nitriles is 1. The van der Waals surface area contributed by atoms with Gasteiger partial charge in [-0.1, -0.05) is 35.9 Å². The molecule has 0 aromatic heterocycles. The minimum atomic E-state index is -1.82. The topological polar surface area (TPSA) is 140 Å². The molecule has 1 aromatic rings. The molecule has 2 amide bonds. The van der Waals surface area contributed by atoms with Crippen LogP contribution in [0.2, 0.25) is 5.02 Å². The van der Waals surface area contributed by atoms with E-state index in [9.17, 15) is 19.6 Å². The van der Waals surface area contributed by atoms with Gasteiger partial charge in [0.2, 0.25) is 11.8 Å². The Kier molecular flexibility index (Phi) is 5.36. The highest BCUT2D eigenvalue weighted by Crippen LogP contribution is 2.54. The van der Waals surface area contributed by atoms with Crippen molar-refractivity contribution in [2.24, 2.45) is 16.9 Å². The molecule has 0 radical (unpaired) electrons. The van der Waals surface area contributed by atoms with Gasteiger partial charge in [0.05, 0.1) is 24.3 Å². The van der Waals surface area contributed by atoms with Crippen molar-refractivity contribution >= 4 is 29.4 Å². The summed E-state index contributed by atoms with van der Waals surface area (Å²) in [7, 11) is 0. The van der Waals surface area contributed by atoms with Crippen LogP contribution in [0.1, 0.15) is 18.4 Å². The number of hydrogen-bond donors (Lipinski definition) is 2. The zero-order valence-electron chi connectivity index (χ0n) is 15.5. The zero-order valence-corrected chi connectivity index (χ0v) is 16.3. The van der Waals surface area contributed by atoms with E-state index in [0.29, 0.717) is 5.56 Å². The molecule has 2 aliphatic heterocycles. The summed E-state index contributed by atoms with van der Waals surface area (Å²) in [5, 5.41) is 10.5. The average molecular weight is 415 g/mol. The van der Waals surface area contributed by atoms with E-state index in [1.165, 1.54) is 23.3 Å². The molecule has 0 spiro atoms. The van der Waals surface area contributed by atoms with E-state index in [1.54, 1.807) is 31.2 Å². The molecule has 2 heterocycles. The van der Waals surface area contributed by atoms with Crippen molar-refractivity contribution in [2.75, 3.05) is 6.61 Å². The van der Waals surface area contributed by atoms with Crippen LogP contribution in [-0.4, -0.2) is 41.4 Å². The fraction of sp³-hybridized carbons (Fsp3) is 0.300. The zero-order chi connectivity index (χ0) is 21.3. The Morgan fingerprint density at radius 1 is 1.31 bits per heavy atom. The lowest BCUT2D eigenvalue weighted by molar-refractivity contribution is -0.153. The number of amides is 2. The maximum Gasteiger partial charge on any atom is 0.329 e. The summed E-state index contributed by atoms with van der Waals surface area (Å²) < 4.78 is 5.23. The number of fused-ring (bicyclic) bond motifs is 1. The average Bonchev–Trinajstić information content (AvgIpc) is 2.99. The molecule has 0 saturated carbocycles. The van der Waals surface area contributed by atoms with E-state index in [4.69, 9.17) is 27.8 Å². The molecule has 150 valence electrons. The van der Waals surface area contributed by atoms with Gasteiger partial charge in [-0.05, 0) is 24.6 Å². The number of ether oxygens (including phenoxy) is 1. The molecule has 0 unspecified atom stereocenters. The predicted octanol–water partition coefficient (Wildman–Crippen LogP) is 0.974. The Bertz CT molecular complexity index is 983. The Morgan fingerprint density at radius 3 is 2.55 bits per heavy atom. The van der Waals surface area contributed by atoms with Crippen LogP contribution in [0, 0.1) is 16.7 Å². The van der Waals surface area contributed by atoms with Crippen LogP contribution < -0.4 is 11.5 Å². The fourth-order valence-corrected chi connectivity index (χ4v) is 4.36. The molecule has 9 heteroatoms. The molecule has 4 N–H and O–H groups in total. The van der Waals surface area contributed by atoms with Crippen molar-refractivity contribution in [2.45, 2.75) is 24.9 Å². The number of carbonyl (C=O) groups is 3. The highest BCUT2D eigenvalue weighted by Gasteiger charge is 2.66. The van der Waals surface area contributed by atoms with Crippen LogP contribution in [0.15, 0.2) is 48.2 Å². The van der Waals surface area contributed by atoms with Gasteiger partial charge < -0.3 is 21.1 Å². The SMILES string of the molecule is CCOC(=O)[C@@]1(C#N)[C@@H]2C=CC(C(N)=O)=CN2[C@@H](C(N)=O)[C@@H]1c1ccccc1Cl. The standard InChI is InChI=1S/C20H19ClN4O4/c1-2-29-19(28)20(10-22)14-8-7-11(17(23)26)9-25(14)16(18(24)27)15(20)12-5-3-4-6-13(12)21/h3-9,14-16H,2H2,1H3,(H2,23,26)(H2,24,27)/t14-,15-,16+,20-/m0/s1. The molecule has 1 fully saturated rings. The quantitative estimate of drug-likeness (QED) is 0.688. The Balaban J connectivity index is 2.32. The third-order valence-corrected chi connectivity index (χ3v) is 5.62. The van der Waals surface area contributed by atoms with Crippen molar-refractivity contribution < 1.29 is 19.1 Å². The lowest BCUT2D eigenvalue weighted by Gasteiger charge is -2.32. The number of rotatable bonds is 5. The first-order chi connectivity index (χ1) is 13.8. The van der Waals surface area contributed by atoms with Crippen LogP contribution >= 0.6 is 11.6 Å². The maximum absolute atomic E-state index is 13.1. The van der Waals surface area contributed by atoms with Crippen molar-refractivity contribution in [1.29, 1.82) is 5.26 Å². The van der Waals surface area contributed by atoms with Crippen LogP contribution in [0.5, 0.6) is 0 Å². The molecule has 0 bridgehead atoms. The number of hydrogen-bond acceptors (Lipinski definition) is 6.